The molecule has 18 heavy (non-hydrogen) atoms. The number of rotatable bonds is 2. The minimum Gasteiger partial charge on any atom is -0.391 e. The van der Waals surface area contributed by atoms with Gasteiger partial charge in [-0.25, -0.2) is 0 Å². The van der Waals surface area contributed by atoms with Crippen molar-refractivity contribution in [1.82, 2.24) is 4.90 Å². The Morgan fingerprint density at radius 3 is 2.44 bits per heavy atom. The molecule has 0 spiro atoms. The highest BCUT2D eigenvalue weighted by molar-refractivity contribution is 5.86. The molecule has 100 valence electrons. The van der Waals surface area contributed by atoms with Crippen LogP contribution in [0, 0.1) is 16.7 Å². The Bertz CT molecular complexity index is 355. The highest BCUT2D eigenvalue weighted by atomic mass is 16.3. The molecule has 1 amide bonds. The van der Waals surface area contributed by atoms with E-state index in [-0.39, 0.29) is 11.9 Å². The molecule has 0 heterocycles. The van der Waals surface area contributed by atoms with Crippen LogP contribution >= 0.6 is 0 Å². The molecule has 1 N–H and O–H groups in total. The first-order valence-corrected chi connectivity index (χ1v) is 6.97. The van der Waals surface area contributed by atoms with E-state index in [4.69, 9.17) is 0 Å². The van der Waals surface area contributed by atoms with Crippen molar-refractivity contribution in [3.8, 4) is 6.07 Å². The van der Waals surface area contributed by atoms with Crippen LogP contribution in [0.5, 0.6) is 0 Å². The minimum absolute atomic E-state index is 0.0755. The Kier molecular flexibility index (Phi) is 3.91. The van der Waals surface area contributed by atoms with Gasteiger partial charge in [0, 0.05) is 7.05 Å². The molecule has 2 aliphatic carbocycles. The van der Waals surface area contributed by atoms with Crippen LogP contribution in [0.25, 0.3) is 0 Å². The highest BCUT2D eigenvalue weighted by Gasteiger charge is 2.45. The van der Waals surface area contributed by atoms with Crippen molar-refractivity contribution in [2.45, 2.75) is 63.5 Å². The predicted octanol–water partition coefficient (Wildman–Crippen LogP) is 1.83. The maximum Gasteiger partial charge on any atom is 0.243 e. The summed E-state index contributed by atoms with van der Waals surface area (Å²) in [4.78, 5) is 14.2. The summed E-state index contributed by atoms with van der Waals surface area (Å²) in [6, 6.07) is 2.14. The van der Waals surface area contributed by atoms with E-state index in [1.54, 1.807) is 11.9 Å². The van der Waals surface area contributed by atoms with Gasteiger partial charge in [-0.1, -0.05) is 25.7 Å². The minimum atomic E-state index is -0.814. The third kappa shape index (κ3) is 2.24. The standard InChI is InChI=1S/C14H22N2O2/c1-16(11-6-2-3-7-12(11)17)13(18)14(10-15)8-4-5-9-14/h11-12,17H,2-9H2,1H3. The molecular weight excluding hydrogens is 228 g/mol. The summed E-state index contributed by atoms with van der Waals surface area (Å²) in [5.41, 5.74) is -0.814. The molecule has 0 aromatic rings. The molecule has 0 saturated heterocycles. The van der Waals surface area contributed by atoms with Crippen molar-refractivity contribution < 1.29 is 9.90 Å². The molecule has 2 aliphatic rings. The van der Waals surface area contributed by atoms with Gasteiger partial charge in [0.25, 0.3) is 0 Å². The fourth-order valence-electron chi connectivity index (χ4n) is 3.38. The maximum atomic E-state index is 12.5. The Morgan fingerprint density at radius 1 is 1.28 bits per heavy atom. The third-order valence-electron chi connectivity index (χ3n) is 4.59. The van der Waals surface area contributed by atoms with Crippen molar-refractivity contribution in [1.29, 1.82) is 5.26 Å². The smallest absolute Gasteiger partial charge is 0.243 e. The van der Waals surface area contributed by atoms with Crippen LogP contribution in [-0.2, 0) is 4.79 Å². The zero-order chi connectivity index (χ0) is 13.2. The summed E-state index contributed by atoms with van der Waals surface area (Å²) in [5, 5.41) is 19.4. The van der Waals surface area contributed by atoms with Crippen LogP contribution in [0.1, 0.15) is 51.4 Å². The van der Waals surface area contributed by atoms with Crippen LogP contribution in [0.15, 0.2) is 0 Å². The van der Waals surface area contributed by atoms with E-state index in [1.807, 2.05) is 0 Å². The number of nitrogens with zero attached hydrogens (tertiary/aromatic N) is 2. The largest absolute Gasteiger partial charge is 0.391 e. The molecule has 0 aromatic carbocycles. The van der Waals surface area contributed by atoms with E-state index >= 15 is 0 Å². The number of carbonyl (C=O) groups excluding carboxylic acids is 1. The molecule has 2 rings (SSSR count). The number of likely N-dealkylation sites (N-methyl/N-ethyl adjacent to an activating group) is 1. The van der Waals surface area contributed by atoms with Gasteiger partial charge in [-0.15, -0.1) is 0 Å². The Balaban J connectivity index is 2.10. The van der Waals surface area contributed by atoms with Crippen molar-refractivity contribution in [3.05, 3.63) is 0 Å². The first-order valence-electron chi connectivity index (χ1n) is 6.97. The molecule has 0 bridgehead atoms. The van der Waals surface area contributed by atoms with E-state index in [1.165, 1.54) is 0 Å². The summed E-state index contributed by atoms with van der Waals surface area (Å²) in [6.45, 7) is 0. The second-order valence-corrected chi connectivity index (χ2v) is 5.74. The fraction of sp³-hybridized carbons (Fsp3) is 0.857. The number of nitriles is 1. The van der Waals surface area contributed by atoms with Crippen LogP contribution in [0.2, 0.25) is 0 Å². The quantitative estimate of drug-likeness (QED) is 0.813. The van der Waals surface area contributed by atoms with E-state index in [2.05, 4.69) is 6.07 Å². The molecule has 2 saturated carbocycles. The lowest BCUT2D eigenvalue weighted by atomic mass is 9.84. The average Bonchev–Trinajstić information content (AvgIpc) is 2.87. The monoisotopic (exact) mass is 250 g/mol. The summed E-state index contributed by atoms with van der Waals surface area (Å²) in [7, 11) is 1.75. The lowest BCUT2D eigenvalue weighted by Gasteiger charge is -2.38. The van der Waals surface area contributed by atoms with E-state index in [9.17, 15) is 15.2 Å². The fourth-order valence-corrected chi connectivity index (χ4v) is 3.38. The number of aliphatic hydroxyl groups is 1. The number of hydrogen-bond acceptors (Lipinski definition) is 3. The third-order valence-corrected chi connectivity index (χ3v) is 4.59. The zero-order valence-electron chi connectivity index (χ0n) is 11.1. The van der Waals surface area contributed by atoms with Gasteiger partial charge < -0.3 is 10.0 Å². The average molecular weight is 250 g/mol. The lowest BCUT2D eigenvalue weighted by Crippen LogP contribution is -2.50. The summed E-state index contributed by atoms with van der Waals surface area (Å²) < 4.78 is 0. The first kappa shape index (κ1) is 13.4. The van der Waals surface area contributed by atoms with Gasteiger partial charge in [-0.3, -0.25) is 4.79 Å². The molecule has 2 atom stereocenters. The summed E-state index contributed by atoms with van der Waals surface area (Å²) >= 11 is 0. The number of aliphatic hydroxyl groups excluding tert-OH is 1. The van der Waals surface area contributed by atoms with Gasteiger partial charge in [0.05, 0.1) is 18.2 Å². The van der Waals surface area contributed by atoms with E-state index in [0.29, 0.717) is 12.8 Å². The molecule has 4 nitrogen and oxygen atoms in total. The van der Waals surface area contributed by atoms with Crippen LogP contribution in [0.4, 0.5) is 0 Å². The number of amides is 1. The molecule has 0 aliphatic heterocycles. The normalized spacial score (nSPS) is 30.7. The second-order valence-electron chi connectivity index (χ2n) is 5.74. The lowest BCUT2D eigenvalue weighted by molar-refractivity contribution is -0.143. The molecular formula is C14H22N2O2. The van der Waals surface area contributed by atoms with Crippen LogP contribution < -0.4 is 0 Å². The highest BCUT2D eigenvalue weighted by Crippen LogP contribution is 2.40. The molecule has 2 fully saturated rings. The molecule has 0 aromatic heterocycles. The van der Waals surface area contributed by atoms with Gasteiger partial charge in [0.2, 0.25) is 5.91 Å². The first-order chi connectivity index (χ1) is 8.60. The van der Waals surface area contributed by atoms with Gasteiger partial charge in [0.1, 0.15) is 5.41 Å². The van der Waals surface area contributed by atoms with Crippen LogP contribution in [0.3, 0.4) is 0 Å². The van der Waals surface area contributed by atoms with Crippen molar-refractivity contribution in [3.63, 3.8) is 0 Å². The van der Waals surface area contributed by atoms with Gasteiger partial charge in [0.15, 0.2) is 0 Å². The van der Waals surface area contributed by atoms with E-state index < -0.39 is 11.5 Å². The van der Waals surface area contributed by atoms with Crippen molar-refractivity contribution >= 4 is 5.91 Å². The number of carbonyl (C=O) groups is 1. The SMILES string of the molecule is CN(C(=O)C1(C#N)CCCC1)C1CCCCC1O. The topological polar surface area (TPSA) is 64.3 Å². The van der Waals surface area contributed by atoms with E-state index in [0.717, 1.165) is 38.5 Å². The van der Waals surface area contributed by atoms with Gasteiger partial charge in [-0.2, -0.15) is 5.26 Å². The van der Waals surface area contributed by atoms with Crippen LogP contribution in [-0.4, -0.2) is 35.1 Å². The van der Waals surface area contributed by atoms with Gasteiger partial charge in [-0.05, 0) is 25.7 Å². The Morgan fingerprint density at radius 2 is 1.89 bits per heavy atom. The number of hydrogen-bond donors (Lipinski definition) is 1. The van der Waals surface area contributed by atoms with Gasteiger partial charge >= 0.3 is 0 Å². The maximum absolute atomic E-state index is 12.5. The van der Waals surface area contributed by atoms with Crippen molar-refractivity contribution in [2.24, 2.45) is 5.41 Å². The molecule has 0 radical (unpaired) electrons. The Labute approximate surface area is 109 Å². The second kappa shape index (κ2) is 5.27. The predicted molar refractivity (Wildman–Crippen MR) is 67.5 cm³/mol. The Hall–Kier alpha value is -1.08. The van der Waals surface area contributed by atoms with Crippen molar-refractivity contribution in [2.75, 3.05) is 7.05 Å². The molecule has 4 heteroatoms. The molecule has 2 unspecified atom stereocenters. The summed E-state index contributed by atoms with van der Waals surface area (Å²) in [5.74, 6) is -0.0755. The summed E-state index contributed by atoms with van der Waals surface area (Å²) in [6.07, 6.45) is 6.55. The zero-order valence-corrected chi connectivity index (χ0v) is 11.1.